The zero-order chi connectivity index (χ0) is 17.8. The molecule has 0 saturated carbocycles. The first-order chi connectivity index (χ1) is 12.8. The number of hydrogen-bond donors (Lipinski definition) is 0. The van der Waals surface area contributed by atoms with Gasteiger partial charge in [0.15, 0.2) is 0 Å². The summed E-state index contributed by atoms with van der Waals surface area (Å²) in [5, 5.41) is 0. The average molecular weight is 351 g/mol. The average Bonchev–Trinajstić information content (AvgIpc) is 2.69. The molecule has 3 heterocycles. The molecule has 4 heteroatoms. The second kappa shape index (κ2) is 8.28. The maximum atomic E-state index is 4.94. The van der Waals surface area contributed by atoms with Gasteiger partial charge in [-0.05, 0) is 57.9 Å². The first-order valence-electron chi connectivity index (χ1n) is 10.1. The standard InChI is InChI=1S/C22H30N4/c1-25-13-11-21-20(17-25)16-23-22(24-21)19-9-14-26(15-10-19)12-5-8-18-6-3-2-4-7-18/h2-4,6-7,16,19H,5,8-15,17H2,1H3. The minimum atomic E-state index is 0.547. The second-order valence-corrected chi connectivity index (χ2v) is 7.89. The number of benzene rings is 1. The summed E-state index contributed by atoms with van der Waals surface area (Å²) in [6.07, 6.45) is 7.98. The maximum absolute atomic E-state index is 4.94. The summed E-state index contributed by atoms with van der Waals surface area (Å²) in [7, 11) is 2.17. The minimum Gasteiger partial charge on any atom is -0.303 e. The van der Waals surface area contributed by atoms with E-state index in [9.17, 15) is 0 Å². The lowest BCUT2D eigenvalue weighted by atomic mass is 9.95. The highest BCUT2D eigenvalue weighted by Gasteiger charge is 2.24. The predicted octanol–water partition coefficient (Wildman–Crippen LogP) is 3.28. The van der Waals surface area contributed by atoms with Crippen molar-refractivity contribution in [2.75, 3.05) is 33.2 Å². The number of piperidine rings is 1. The van der Waals surface area contributed by atoms with Gasteiger partial charge in [-0.25, -0.2) is 9.97 Å². The summed E-state index contributed by atoms with van der Waals surface area (Å²) >= 11 is 0. The molecule has 2 aliphatic heterocycles. The van der Waals surface area contributed by atoms with Crippen LogP contribution >= 0.6 is 0 Å². The van der Waals surface area contributed by atoms with Crippen molar-refractivity contribution in [2.24, 2.45) is 0 Å². The first-order valence-corrected chi connectivity index (χ1v) is 10.1. The Morgan fingerprint density at radius 1 is 1.08 bits per heavy atom. The molecular formula is C22H30N4. The number of likely N-dealkylation sites (N-methyl/N-ethyl adjacent to an activating group) is 1. The van der Waals surface area contributed by atoms with E-state index >= 15 is 0 Å². The van der Waals surface area contributed by atoms with Crippen LogP contribution in [0.4, 0.5) is 0 Å². The van der Waals surface area contributed by atoms with Crippen LogP contribution < -0.4 is 0 Å². The van der Waals surface area contributed by atoms with Crippen molar-refractivity contribution in [1.82, 2.24) is 19.8 Å². The van der Waals surface area contributed by atoms with Gasteiger partial charge in [0.1, 0.15) is 5.82 Å². The summed E-state index contributed by atoms with van der Waals surface area (Å²) in [6, 6.07) is 10.8. The molecule has 0 spiro atoms. The van der Waals surface area contributed by atoms with Crippen molar-refractivity contribution >= 4 is 0 Å². The lowest BCUT2D eigenvalue weighted by molar-refractivity contribution is 0.207. The quantitative estimate of drug-likeness (QED) is 0.828. The van der Waals surface area contributed by atoms with Gasteiger partial charge in [0.05, 0.1) is 0 Å². The Labute approximate surface area is 157 Å². The number of fused-ring (bicyclic) bond motifs is 1. The van der Waals surface area contributed by atoms with Crippen LogP contribution in [0.25, 0.3) is 0 Å². The number of aromatic nitrogens is 2. The Bertz CT molecular complexity index is 707. The third kappa shape index (κ3) is 4.30. The Morgan fingerprint density at radius 2 is 1.88 bits per heavy atom. The molecule has 1 aromatic carbocycles. The molecule has 0 atom stereocenters. The predicted molar refractivity (Wildman–Crippen MR) is 105 cm³/mol. The Morgan fingerprint density at radius 3 is 2.69 bits per heavy atom. The molecule has 0 bridgehead atoms. The third-order valence-corrected chi connectivity index (χ3v) is 5.88. The van der Waals surface area contributed by atoms with Gasteiger partial charge in [-0.1, -0.05) is 30.3 Å². The molecule has 2 aromatic rings. The Hall–Kier alpha value is -1.78. The molecule has 1 fully saturated rings. The number of nitrogens with zero attached hydrogens (tertiary/aromatic N) is 4. The molecule has 4 nitrogen and oxygen atoms in total. The van der Waals surface area contributed by atoms with Gasteiger partial charge in [-0.2, -0.15) is 0 Å². The van der Waals surface area contributed by atoms with Crippen molar-refractivity contribution in [1.29, 1.82) is 0 Å². The van der Waals surface area contributed by atoms with Gasteiger partial charge in [0.25, 0.3) is 0 Å². The molecule has 0 unspecified atom stereocenters. The number of aryl methyl sites for hydroxylation is 1. The molecule has 0 amide bonds. The van der Waals surface area contributed by atoms with E-state index in [0.29, 0.717) is 5.92 Å². The van der Waals surface area contributed by atoms with Gasteiger partial charge < -0.3 is 9.80 Å². The lowest BCUT2D eigenvalue weighted by Gasteiger charge is -2.32. The topological polar surface area (TPSA) is 32.3 Å². The first kappa shape index (κ1) is 17.6. The van der Waals surface area contributed by atoms with Crippen molar-refractivity contribution in [3.63, 3.8) is 0 Å². The number of likely N-dealkylation sites (tertiary alicyclic amines) is 1. The van der Waals surface area contributed by atoms with E-state index in [1.54, 1.807) is 0 Å². The lowest BCUT2D eigenvalue weighted by Crippen LogP contribution is -2.34. The van der Waals surface area contributed by atoms with Gasteiger partial charge in [-0.15, -0.1) is 0 Å². The summed E-state index contributed by atoms with van der Waals surface area (Å²) < 4.78 is 0. The molecule has 2 aliphatic rings. The van der Waals surface area contributed by atoms with E-state index < -0.39 is 0 Å². The van der Waals surface area contributed by atoms with E-state index in [-0.39, 0.29) is 0 Å². The smallest absolute Gasteiger partial charge is 0.131 e. The van der Waals surface area contributed by atoms with E-state index in [1.165, 1.54) is 62.1 Å². The molecule has 0 radical (unpaired) electrons. The monoisotopic (exact) mass is 350 g/mol. The maximum Gasteiger partial charge on any atom is 0.131 e. The normalized spacial score (nSPS) is 19.4. The Balaban J connectivity index is 1.26. The highest BCUT2D eigenvalue weighted by Crippen LogP contribution is 2.27. The van der Waals surface area contributed by atoms with Crippen molar-refractivity contribution in [2.45, 2.75) is 44.6 Å². The van der Waals surface area contributed by atoms with Gasteiger partial charge in [0.2, 0.25) is 0 Å². The van der Waals surface area contributed by atoms with E-state index in [0.717, 1.165) is 25.3 Å². The molecule has 1 saturated heterocycles. The van der Waals surface area contributed by atoms with Crippen molar-refractivity contribution in [3.8, 4) is 0 Å². The molecule has 26 heavy (non-hydrogen) atoms. The van der Waals surface area contributed by atoms with Crippen LogP contribution in [-0.4, -0.2) is 53.0 Å². The van der Waals surface area contributed by atoms with E-state index in [1.807, 2.05) is 0 Å². The van der Waals surface area contributed by atoms with E-state index in [4.69, 9.17) is 9.97 Å². The van der Waals surface area contributed by atoms with Crippen LogP contribution in [-0.2, 0) is 19.4 Å². The fourth-order valence-electron chi connectivity index (χ4n) is 4.24. The number of rotatable bonds is 5. The summed E-state index contributed by atoms with van der Waals surface area (Å²) in [6.45, 7) is 5.68. The van der Waals surface area contributed by atoms with Crippen LogP contribution in [0.5, 0.6) is 0 Å². The SMILES string of the molecule is CN1CCc2nc(C3CCN(CCCc4ccccc4)CC3)ncc2C1. The zero-order valence-electron chi connectivity index (χ0n) is 15.9. The van der Waals surface area contributed by atoms with Crippen LogP contribution in [0.3, 0.4) is 0 Å². The largest absolute Gasteiger partial charge is 0.303 e. The van der Waals surface area contributed by atoms with Crippen molar-refractivity contribution < 1.29 is 0 Å². The molecule has 1 aromatic heterocycles. The summed E-state index contributed by atoms with van der Waals surface area (Å²) in [5.74, 6) is 1.64. The third-order valence-electron chi connectivity index (χ3n) is 5.88. The van der Waals surface area contributed by atoms with Gasteiger partial charge >= 0.3 is 0 Å². The zero-order valence-corrected chi connectivity index (χ0v) is 15.9. The highest BCUT2D eigenvalue weighted by atomic mass is 15.1. The van der Waals surface area contributed by atoms with Gasteiger partial charge in [0, 0.05) is 42.9 Å². The van der Waals surface area contributed by atoms with Crippen LogP contribution in [0.2, 0.25) is 0 Å². The minimum absolute atomic E-state index is 0.547. The fourth-order valence-corrected chi connectivity index (χ4v) is 4.24. The van der Waals surface area contributed by atoms with Crippen LogP contribution in [0.1, 0.15) is 47.8 Å². The van der Waals surface area contributed by atoms with Crippen LogP contribution in [0, 0.1) is 0 Å². The molecule has 4 rings (SSSR count). The fraction of sp³-hybridized carbons (Fsp3) is 0.545. The summed E-state index contributed by atoms with van der Waals surface area (Å²) in [4.78, 5) is 14.6. The molecule has 0 N–H and O–H groups in total. The Kier molecular flexibility index (Phi) is 5.61. The molecule has 0 aliphatic carbocycles. The molecule has 138 valence electrons. The highest BCUT2D eigenvalue weighted by molar-refractivity contribution is 5.21. The molecular weight excluding hydrogens is 320 g/mol. The van der Waals surface area contributed by atoms with Crippen molar-refractivity contribution in [3.05, 3.63) is 59.2 Å². The second-order valence-electron chi connectivity index (χ2n) is 7.89. The van der Waals surface area contributed by atoms with E-state index in [2.05, 4.69) is 53.4 Å². The summed E-state index contributed by atoms with van der Waals surface area (Å²) in [5.41, 5.74) is 4.06. The van der Waals surface area contributed by atoms with Crippen LogP contribution in [0.15, 0.2) is 36.5 Å². The van der Waals surface area contributed by atoms with Gasteiger partial charge in [-0.3, -0.25) is 0 Å². The number of hydrogen-bond acceptors (Lipinski definition) is 4.